The van der Waals surface area contributed by atoms with Gasteiger partial charge in [-0.1, -0.05) is 12.1 Å². The average Bonchev–Trinajstić information content (AvgIpc) is 2.97. The van der Waals surface area contributed by atoms with Gasteiger partial charge in [0.15, 0.2) is 18.2 Å². The maximum atomic E-state index is 12.9. The van der Waals surface area contributed by atoms with Crippen LogP contribution in [0.2, 0.25) is 0 Å². The summed E-state index contributed by atoms with van der Waals surface area (Å²) < 4.78 is 33.9. The molecule has 0 spiro atoms. The Morgan fingerprint density at radius 1 is 0.881 bits per heavy atom. The molecule has 0 saturated carbocycles. The van der Waals surface area contributed by atoms with E-state index in [2.05, 4.69) is 0 Å². The fourth-order valence-corrected chi connectivity index (χ4v) is 5.20. The standard InChI is InChI=1S/C28H34O14/c1-11-21(32)23(34)25(36)27(38-11)42-26-24(35)22(33)19(10-29)41-28(26)39-14-7-15(30)20-16(31)9-17(40-18(20)8-14)12-3-5-13(37-2)6-4-12/h3-8,11,17,19,21-30,32-36H,9-10H2,1-2H3/t11-,17-,19-,21-,22+,23-,24+,25+,26+,27-,28+/m0/s1. The Kier molecular flexibility index (Phi) is 8.89. The molecule has 7 N–H and O–H groups in total. The molecule has 2 fully saturated rings. The molecule has 2 saturated heterocycles. The van der Waals surface area contributed by atoms with Gasteiger partial charge in [-0.05, 0) is 24.6 Å². The van der Waals surface area contributed by atoms with E-state index < -0.39 is 79.9 Å². The van der Waals surface area contributed by atoms with E-state index in [1.807, 2.05) is 0 Å². The number of ether oxygens (including phenoxy) is 6. The van der Waals surface area contributed by atoms with Gasteiger partial charge in [-0.3, -0.25) is 4.79 Å². The first-order valence-corrected chi connectivity index (χ1v) is 13.4. The lowest BCUT2D eigenvalue weighted by Crippen LogP contribution is -2.64. The minimum Gasteiger partial charge on any atom is -0.507 e. The molecule has 2 aromatic rings. The molecule has 2 aromatic carbocycles. The van der Waals surface area contributed by atoms with E-state index in [4.69, 9.17) is 28.4 Å². The number of ketones is 1. The van der Waals surface area contributed by atoms with Crippen molar-refractivity contribution in [1.82, 2.24) is 0 Å². The molecule has 0 aromatic heterocycles. The van der Waals surface area contributed by atoms with Crippen molar-refractivity contribution in [3.63, 3.8) is 0 Å². The zero-order chi connectivity index (χ0) is 30.3. The molecule has 3 aliphatic rings. The monoisotopic (exact) mass is 594 g/mol. The number of benzene rings is 2. The molecule has 0 aliphatic carbocycles. The lowest BCUT2D eigenvalue weighted by molar-refractivity contribution is -0.354. The van der Waals surface area contributed by atoms with Crippen LogP contribution in [0.25, 0.3) is 0 Å². The van der Waals surface area contributed by atoms with Gasteiger partial charge in [-0.15, -0.1) is 0 Å². The van der Waals surface area contributed by atoms with Crippen LogP contribution in [0, 0.1) is 0 Å². The van der Waals surface area contributed by atoms with Crippen LogP contribution < -0.4 is 14.2 Å². The number of hydrogen-bond donors (Lipinski definition) is 7. The molecule has 0 radical (unpaired) electrons. The SMILES string of the molecule is COc1ccc([C@@H]2CC(=O)c3c(O)cc(O[C@@H]4O[C@@H](CO)[C@@H](O)[C@@H](O)[C@H]4O[C@@H]4O[C@@H](C)[C@H](O)[C@H](O)[C@H]4O)cc3O2)cc1. The van der Waals surface area contributed by atoms with Crippen molar-refractivity contribution >= 4 is 5.78 Å². The van der Waals surface area contributed by atoms with E-state index in [0.29, 0.717) is 11.3 Å². The second-order valence-electron chi connectivity index (χ2n) is 10.4. The molecule has 5 rings (SSSR count). The quantitative estimate of drug-likeness (QED) is 0.208. The number of phenols is 1. The molecule has 11 atom stereocenters. The zero-order valence-corrected chi connectivity index (χ0v) is 22.7. The van der Waals surface area contributed by atoms with Crippen LogP contribution in [-0.4, -0.2) is 117 Å². The van der Waals surface area contributed by atoms with Gasteiger partial charge in [-0.2, -0.15) is 0 Å². The number of aromatic hydroxyl groups is 1. The summed E-state index contributed by atoms with van der Waals surface area (Å²) in [6.07, 6.45) is -15.8. The number of methoxy groups -OCH3 is 1. The Morgan fingerprint density at radius 2 is 1.60 bits per heavy atom. The summed E-state index contributed by atoms with van der Waals surface area (Å²) in [6.45, 7) is 0.733. The second-order valence-corrected chi connectivity index (χ2v) is 10.4. The maximum absolute atomic E-state index is 12.9. The smallest absolute Gasteiger partial charge is 0.229 e. The number of carbonyl (C=O) groups excluding carboxylic acids is 1. The minimum atomic E-state index is -1.74. The van der Waals surface area contributed by atoms with E-state index >= 15 is 0 Å². The topological polar surface area (TPSA) is 214 Å². The molecule has 230 valence electrons. The average molecular weight is 595 g/mol. The molecule has 0 unspecified atom stereocenters. The minimum absolute atomic E-state index is 0.0200. The summed E-state index contributed by atoms with van der Waals surface area (Å²) >= 11 is 0. The van der Waals surface area contributed by atoms with E-state index in [0.717, 1.165) is 6.07 Å². The van der Waals surface area contributed by atoms with Gasteiger partial charge in [0, 0.05) is 12.1 Å². The van der Waals surface area contributed by atoms with Crippen molar-refractivity contribution in [2.45, 2.75) is 80.9 Å². The van der Waals surface area contributed by atoms with Crippen LogP contribution in [0.1, 0.15) is 35.4 Å². The van der Waals surface area contributed by atoms with Crippen LogP contribution in [0.3, 0.4) is 0 Å². The van der Waals surface area contributed by atoms with E-state index in [9.17, 15) is 40.5 Å². The van der Waals surface area contributed by atoms with Gasteiger partial charge in [-0.25, -0.2) is 0 Å². The van der Waals surface area contributed by atoms with Gasteiger partial charge in [0.2, 0.25) is 6.29 Å². The van der Waals surface area contributed by atoms with E-state index in [1.54, 1.807) is 24.3 Å². The summed E-state index contributed by atoms with van der Waals surface area (Å²) in [5.41, 5.74) is 0.647. The number of aliphatic hydroxyl groups is 6. The van der Waals surface area contributed by atoms with Crippen LogP contribution in [-0.2, 0) is 14.2 Å². The number of aliphatic hydroxyl groups excluding tert-OH is 6. The first-order valence-electron chi connectivity index (χ1n) is 13.4. The summed E-state index contributed by atoms with van der Waals surface area (Å²) in [6, 6.07) is 9.42. The van der Waals surface area contributed by atoms with Gasteiger partial charge in [0.05, 0.1) is 26.2 Å². The Hall–Kier alpha value is -3.05. The number of rotatable bonds is 7. The zero-order valence-electron chi connectivity index (χ0n) is 22.7. The first kappa shape index (κ1) is 30.4. The molecule has 0 bridgehead atoms. The summed E-state index contributed by atoms with van der Waals surface area (Å²) in [5.74, 6) is -0.244. The third-order valence-corrected chi connectivity index (χ3v) is 7.64. The highest BCUT2D eigenvalue weighted by molar-refractivity contribution is 6.02. The van der Waals surface area contributed by atoms with Crippen LogP contribution in [0.4, 0.5) is 0 Å². The molecule has 14 heteroatoms. The summed E-state index contributed by atoms with van der Waals surface area (Å²) in [7, 11) is 1.53. The number of fused-ring (bicyclic) bond motifs is 1. The normalized spacial score (nSPS) is 36.6. The number of Topliss-reactive ketones (excluding diaryl/α,β-unsaturated/α-hetero) is 1. The van der Waals surface area contributed by atoms with Crippen molar-refractivity contribution in [2.24, 2.45) is 0 Å². The largest absolute Gasteiger partial charge is 0.507 e. The van der Waals surface area contributed by atoms with E-state index in [-0.39, 0.29) is 29.3 Å². The molecule has 3 aliphatic heterocycles. The predicted octanol–water partition coefficient (Wildman–Crippen LogP) is -0.862. The molecule has 42 heavy (non-hydrogen) atoms. The van der Waals surface area contributed by atoms with Crippen LogP contribution >= 0.6 is 0 Å². The Balaban J connectivity index is 1.40. The third-order valence-electron chi connectivity index (χ3n) is 7.64. The third kappa shape index (κ3) is 5.77. The van der Waals surface area contributed by atoms with E-state index in [1.165, 1.54) is 20.1 Å². The van der Waals surface area contributed by atoms with Crippen LogP contribution in [0.5, 0.6) is 23.0 Å². The first-order chi connectivity index (χ1) is 20.0. The molecule has 0 amide bonds. The Labute approximate surface area is 240 Å². The van der Waals surface area contributed by atoms with Crippen molar-refractivity contribution in [1.29, 1.82) is 0 Å². The highest BCUT2D eigenvalue weighted by Gasteiger charge is 2.51. The van der Waals surface area contributed by atoms with Crippen molar-refractivity contribution in [3.05, 3.63) is 47.5 Å². The summed E-state index contributed by atoms with van der Waals surface area (Å²) in [5, 5.41) is 72.3. The molecule has 14 nitrogen and oxygen atoms in total. The summed E-state index contributed by atoms with van der Waals surface area (Å²) in [4.78, 5) is 12.9. The highest BCUT2D eigenvalue weighted by Crippen LogP contribution is 2.43. The van der Waals surface area contributed by atoms with Crippen molar-refractivity contribution < 1.29 is 69.0 Å². The van der Waals surface area contributed by atoms with Crippen molar-refractivity contribution in [3.8, 4) is 23.0 Å². The lowest BCUT2D eigenvalue weighted by atomic mass is 9.95. The molecular weight excluding hydrogens is 560 g/mol. The molecule has 3 heterocycles. The Morgan fingerprint density at radius 3 is 2.26 bits per heavy atom. The number of phenolic OH excluding ortho intramolecular Hbond substituents is 1. The highest BCUT2D eigenvalue weighted by atomic mass is 16.8. The fraction of sp³-hybridized carbons (Fsp3) is 0.536. The predicted molar refractivity (Wildman–Crippen MR) is 139 cm³/mol. The Bertz CT molecular complexity index is 1250. The number of hydrogen-bond acceptors (Lipinski definition) is 14. The maximum Gasteiger partial charge on any atom is 0.229 e. The van der Waals surface area contributed by atoms with Crippen LogP contribution in [0.15, 0.2) is 36.4 Å². The fourth-order valence-electron chi connectivity index (χ4n) is 5.20. The van der Waals surface area contributed by atoms with Gasteiger partial charge >= 0.3 is 0 Å². The van der Waals surface area contributed by atoms with Gasteiger partial charge < -0.3 is 64.2 Å². The second kappa shape index (κ2) is 12.3. The lowest BCUT2D eigenvalue weighted by Gasteiger charge is -2.45. The van der Waals surface area contributed by atoms with Crippen molar-refractivity contribution in [2.75, 3.05) is 13.7 Å². The molecular formula is C28H34O14. The number of carbonyl (C=O) groups is 1. The van der Waals surface area contributed by atoms with Gasteiger partial charge in [0.1, 0.15) is 71.3 Å². The van der Waals surface area contributed by atoms with Gasteiger partial charge in [0.25, 0.3) is 0 Å².